The van der Waals surface area contributed by atoms with E-state index >= 15 is 0 Å². The molecule has 2 N–H and O–H groups in total. The van der Waals surface area contributed by atoms with E-state index in [0.717, 1.165) is 31.2 Å². The van der Waals surface area contributed by atoms with Crippen LogP contribution in [-0.4, -0.2) is 17.0 Å². The lowest BCUT2D eigenvalue weighted by Gasteiger charge is -2.25. The van der Waals surface area contributed by atoms with Crippen molar-refractivity contribution in [2.75, 3.05) is 0 Å². The first-order valence-electron chi connectivity index (χ1n) is 7.85. The molecular weight excluding hydrogens is 285 g/mol. The second-order valence-electron chi connectivity index (χ2n) is 6.37. The van der Waals surface area contributed by atoms with Gasteiger partial charge in [0.15, 0.2) is 0 Å². The number of rotatable bonds is 5. The van der Waals surface area contributed by atoms with E-state index in [2.05, 4.69) is 5.32 Å². The maximum atomic E-state index is 13.1. The van der Waals surface area contributed by atoms with Gasteiger partial charge in [-0.05, 0) is 42.9 Å². The van der Waals surface area contributed by atoms with E-state index in [9.17, 15) is 14.0 Å². The molecule has 2 saturated carbocycles. The summed E-state index contributed by atoms with van der Waals surface area (Å²) >= 11 is 0. The van der Waals surface area contributed by atoms with Gasteiger partial charge in [0.2, 0.25) is 5.91 Å². The maximum absolute atomic E-state index is 13.1. The number of hydrogen-bond donors (Lipinski definition) is 2. The number of amides is 1. The third kappa shape index (κ3) is 3.13. The zero-order chi connectivity index (χ0) is 15.7. The first-order valence-corrected chi connectivity index (χ1v) is 7.85. The minimum absolute atomic E-state index is 0.148. The number of hydrogen-bond acceptors (Lipinski definition) is 2. The fraction of sp³-hybridized carbons (Fsp3) is 0.529. The second-order valence-corrected chi connectivity index (χ2v) is 6.37. The van der Waals surface area contributed by atoms with E-state index in [1.165, 1.54) is 12.1 Å². The van der Waals surface area contributed by atoms with Crippen LogP contribution >= 0.6 is 0 Å². The summed E-state index contributed by atoms with van der Waals surface area (Å²) < 4.78 is 13.1. The molecule has 0 saturated heterocycles. The number of benzene rings is 1. The summed E-state index contributed by atoms with van der Waals surface area (Å²) in [5, 5.41) is 12.0. The Hall–Kier alpha value is -1.91. The molecule has 3 rings (SSSR count). The Kier molecular flexibility index (Phi) is 4.14. The molecule has 2 aliphatic rings. The monoisotopic (exact) mass is 305 g/mol. The number of carbonyl (C=O) groups excluding carboxylic acids is 1. The smallest absolute Gasteiger partial charge is 0.307 e. The molecule has 1 aromatic rings. The van der Waals surface area contributed by atoms with Crippen molar-refractivity contribution in [2.24, 2.45) is 17.8 Å². The normalized spacial score (nSPS) is 25.7. The lowest BCUT2D eigenvalue weighted by atomic mass is 9.91. The van der Waals surface area contributed by atoms with E-state index < -0.39 is 17.8 Å². The lowest BCUT2D eigenvalue weighted by Crippen LogP contribution is -2.34. The predicted octanol–water partition coefficient (Wildman–Crippen LogP) is 2.89. The van der Waals surface area contributed by atoms with Crippen LogP contribution in [0.25, 0.3) is 0 Å². The van der Waals surface area contributed by atoms with Gasteiger partial charge < -0.3 is 10.4 Å². The van der Waals surface area contributed by atoms with Crippen LogP contribution in [-0.2, 0) is 9.59 Å². The fourth-order valence-electron chi connectivity index (χ4n) is 3.45. The van der Waals surface area contributed by atoms with E-state index in [1.807, 2.05) is 0 Å². The van der Waals surface area contributed by atoms with Crippen molar-refractivity contribution >= 4 is 11.9 Å². The molecule has 2 fully saturated rings. The molecular formula is C17H20FNO3. The zero-order valence-corrected chi connectivity index (χ0v) is 12.3. The Balaban J connectivity index is 1.73. The summed E-state index contributed by atoms with van der Waals surface area (Å²) in [5.41, 5.74) is 0.897. The molecule has 0 aromatic heterocycles. The van der Waals surface area contributed by atoms with Crippen LogP contribution in [0.4, 0.5) is 4.39 Å². The van der Waals surface area contributed by atoms with Gasteiger partial charge >= 0.3 is 5.97 Å². The number of carboxylic acid groups (broad SMARTS) is 1. The first-order chi connectivity index (χ1) is 10.6. The average Bonchev–Trinajstić information content (AvgIpc) is 3.14. The van der Waals surface area contributed by atoms with Crippen molar-refractivity contribution in [1.82, 2.24) is 5.32 Å². The van der Waals surface area contributed by atoms with Gasteiger partial charge in [0, 0.05) is 0 Å². The van der Waals surface area contributed by atoms with E-state index in [1.54, 1.807) is 12.1 Å². The summed E-state index contributed by atoms with van der Waals surface area (Å²) in [6.07, 6.45) is 4.77. The number of nitrogens with one attached hydrogen (secondary N) is 1. The molecule has 0 radical (unpaired) electrons. The van der Waals surface area contributed by atoms with Crippen LogP contribution < -0.4 is 5.32 Å². The molecule has 0 spiro atoms. The highest BCUT2D eigenvalue weighted by molar-refractivity contribution is 5.89. The molecule has 1 amide bonds. The molecule has 1 aromatic carbocycles. The summed E-state index contributed by atoms with van der Waals surface area (Å²) in [7, 11) is 0. The van der Waals surface area contributed by atoms with Gasteiger partial charge in [-0.3, -0.25) is 9.59 Å². The van der Waals surface area contributed by atoms with Gasteiger partial charge in [-0.2, -0.15) is 0 Å². The van der Waals surface area contributed by atoms with Gasteiger partial charge in [0.1, 0.15) is 5.82 Å². The van der Waals surface area contributed by atoms with Crippen molar-refractivity contribution < 1.29 is 19.1 Å². The summed E-state index contributed by atoms with van der Waals surface area (Å²) in [6, 6.07) is 6.08. The minimum Gasteiger partial charge on any atom is -0.481 e. The maximum Gasteiger partial charge on any atom is 0.307 e. The number of carboxylic acids is 1. The van der Waals surface area contributed by atoms with Gasteiger partial charge in [0.05, 0.1) is 17.9 Å². The zero-order valence-electron chi connectivity index (χ0n) is 12.3. The molecule has 5 heteroatoms. The van der Waals surface area contributed by atoms with Crippen LogP contribution in [0.1, 0.15) is 43.7 Å². The highest BCUT2D eigenvalue weighted by Gasteiger charge is 2.49. The van der Waals surface area contributed by atoms with Gasteiger partial charge in [0.25, 0.3) is 0 Å². The minimum atomic E-state index is -0.903. The Morgan fingerprint density at radius 2 is 1.77 bits per heavy atom. The quantitative estimate of drug-likeness (QED) is 0.879. The highest BCUT2D eigenvalue weighted by atomic mass is 19.1. The summed E-state index contributed by atoms with van der Waals surface area (Å²) in [4.78, 5) is 23.2. The largest absolute Gasteiger partial charge is 0.481 e. The van der Waals surface area contributed by atoms with Crippen molar-refractivity contribution in [3.8, 4) is 0 Å². The molecule has 2 aliphatic carbocycles. The Bertz CT molecular complexity index is 566. The topological polar surface area (TPSA) is 66.4 Å². The van der Waals surface area contributed by atoms with E-state index in [0.29, 0.717) is 12.3 Å². The predicted molar refractivity (Wildman–Crippen MR) is 78.5 cm³/mol. The third-order valence-corrected chi connectivity index (χ3v) is 4.84. The molecule has 3 unspecified atom stereocenters. The molecule has 0 aliphatic heterocycles. The van der Waals surface area contributed by atoms with Crippen molar-refractivity contribution in [1.29, 1.82) is 0 Å². The van der Waals surface area contributed by atoms with Crippen LogP contribution in [0.2, 0.25) is 0 Å². The Morgan fingerprint density at radius 1 is 1.14 bits per heavy atom. The SMILES string of the molecule is O=C(O)C1CC1C(=O)NC(c1ccc(F)cc1)C1CCCC1. The molecule has 3 atom stereocenters. The lowest BCUT2D eigenvalue weighted by molar-refractivity contribution is -0.140. The third-order valence-electron chi connectivity index (χ3n) is 4.84. The van der Waals surface area contributed by atoms with Crippen molar-refractivity contribution in [2.45, 2.75) is 38.1 Å². The molecule has 22 heavy (non-hydrogen) atoms. The fourth-order valence-corrected chi connectivity index (χ4v) is 3.45. The molecule has 0 bridgehead atoms. The molecule has 4 nitrogen and oxygen atoms in total. The van der Waals surface area contributed by atoms with Crippen molar-refractivity contribution in [3.63, 3.8) is 0 Å². The van der Waals surface area contributed by atoms with Crippen LogP contribution in [0, 0.1) is 23.6 Å². The van der Waals surface area contributed by atoms with Crippen LogP contribution in [0.3, 0.4) is 0 Å². The summed E-state index contributed by atoms with van der Waals surface area (Å²) in [6.45, 7) is 0. The number of halogens is 1. The second kappa shape index (κ2) is 6.07. The molecule has 0 heterocycles. The molecule has 118 valence electrons. The van der Waals surface area contributed by atoms with Gasteiger partial charge in [-0.1, -0.05) is 25.0 Å². The number of aliphatic carboxylic acids is 1. The van der Waals surface area contributed by atoms with E-state index in [4.69, 9.17) is 5.11 Å². The van der Waals surface area contributed by atoms with E-state index in [-0.39, 0.29) is 17.8 Å². The standard InChI is InChI=1S/C17H20FNO3/c18-12-7-5-11(6-8-12)15(10-3-1-2-4-10)19-16(20)13-9-14(13)17(21)22/h5-8,10,13-15H,1-4,9H2,(H,19,20)(H,21,22). The van der Waals surface area contributed by atoms with Gasteiger partial charge in [-0.15, -0.1) is 0 Å². The number of carbonyl (C=O) groups is 2. The van der Waals surface area contributed by atoms with Crippen LogP contribution in [0.15, 0.2) is 24.3 Å². The Morgan fingerprint density at radius 3 is 2.32 bits per heavy atom. The first kappa shape index (κ1) is 15.0. The van der Waals surface area contributed by atoms with Crippen LogP contribution in [0.5, 0.6) is 0 Å². The van der Waals surface area contributed by atoms with Crippen molar-refractivity contribution in [3.05, 3.63) is 35.6 Å². The Labute approximate surface area is 128 Å². The summed E-state index contributed by atoms with van der Waals surface area (Å²) in [5.74, 6) is -2.00. The highest BCUT2D eigenvalue weighted by Crippen LogP contribution is 2.41. The average molecular weight is 305 g/mol. The van der Waals surface area contributed by atoms with Gasteiger partial charge in [-0.25, -0.2) is 4.39 Å².